The van der Waals surface area contributed by atoms with Crippen LogP contribution in [0, 0.1) is 5.92 Å². The second-order valence-corrected chi connectivity index (χ2v) is 9.57. The third kappa shape index (κ3) is 7.89. The van der Waals surface area contributed by atoms with E-state index in [1.165, 1.54) is 38.5 Å². The Morgan fingerprint density at radius 3 is 1.94 bits per heavy atom. The first-order valence-electron chi connectivity index (χ1n) is 12.4. The molecule has 6 heteroatoms. The van der Waals surface area contributed by atoms with Crippen molar-refractivity contribution >= 4 is 17.5 Å². The molecule has 0 aliphatic heterocycles. The van der Waals surface area contributed by atoms with Crippen LogP contribution in [-0.2, 0) is 19.1 Å². The summed E-state index contributed by atoms with van der Waals surface area (Å²) >= 11 is 0. The summed E-state index contributed by atoms with van der Waals surface area (Å²) in [6, 6.07) is 7.46. The maximum absolute atomic E-state index is 12.6. The molecule has 0 bridgehead atoms. The van der Waals surface area contributed by atoms with Gasteiger partial charge in [0.1, 0.15) is 13.2 Å². The molecule has 2 N–H and O–H groups in total. The van der Waals surface area contributed by atoms with Gasteiger partial charge >= 0.3 is 0 Å². The maximum atomic E-state index is 12.6. The van der Waals surface area contributed by atoms with Gasteiger partial charge in [-0.15, -0.1) is 0 Å². The van der Waals surface area contributed by atoms with Gasteiger partial charge in [0.15, 0.2) is 0 Å². The average molecular weight is 445 g/mol. The number of amides is 2. The number of nitrogens with one attached hydrogen (secondary N) is 2. The van der Waals surface area contributed by atoms with E-state index in [-0.39, 0.29) is 49.2 Å². The van der Waals surface area contributed by atoms with Crippen LogP contribution in [0.15, 0.2) is 24.3 Å². The number of benzene rings is 1. The number of ether oxygens (including phenoxy) is 2. The van der Waals surface area contributed by atoms with E-state index in [9.17, 15) is 9.59 Å². The fraction of sp³-hybridized carbons (Fsp3) is 0.692. The number of hydrogen-bond acceptors (Lipinski definition) is 4. The van der Waals surface area contributed by atoms with Gasteiger partial charge in [0, 0.05) is 5.69 Å². The van der Waals surface area contributed by atoms with E-state index in [0.717, 1.165) is 36.9 Å². The second kappa shape index (κ2) is 12.9. The van der Waals surface area contributed by atoms with E-state index in [2.05, 4.69) is 24.5 Å². The molecule has 2 aliphatic rings. The number of hydrogen-bond donors (Lipinski definition) is 2. The van der Waals surface area contributed by atoms with E-state index in [4.69, 9.17) is 9.47 Å². The highest BCUT2D eigenvalue weighted by molar-refractivity contribution is 5.92. The van der Waals surface area contributed by atoms with Crippen molar-refractivity contribution in [2.75, 3.05) is 18.5 Å². The van der Waals surface area contributed by atoms with E-state index >= 15 is 0 Å². The van der Waals surface area contributed by atoms with Crippen LogP contribution in [0.5, 0.6) is 0 Å². The van der Waals surface area contributed by atoms with Crippen LogP contribution >= 0.6 is 0 Å². The summed E-state index contributed by atoms with van der Waals surface area (Å²) in [5, 5.41) is 6.12. The molecule has 0 spiro atoms. The summed E-state index contributed by atoms with van der Waals surface area (Å²) in [6.45, 7) is 4.28. The molecular formula is C26H40N2O4. The zero-order valence-electron chi connectivity index (χ0n) is 19.7. The molecule has 6 nitrogen and oxygen atoms in total. The van der Waals surface area contributed by atoms with Gasteiger partial charge < -0.3 is 20.1 Å². The highest BCUT2D eigenvalue weighted by Gasteiger charge is 2.23. The lowest BCUT2D eigenvalue weighted by Gasteiger charge is -2.27. The van der Waals surface area contributed by atoms with Crippen molar-refractivity contribution in [2.24, 2.45) is 5.92 Å². The Morgan fingerprint density at radius 1 is 0.844 bits per heavy atom. The molecule has 2 saturated carbocycles. The van der Waals surface area contributed by atoms with Gasteiger partial charge in [0.05, 0.1) is 18.2 Å². The Labute approximate surface area is 192 Å². The lowest BCUT2D eigenvalue weighted by molar-refractivity contribution is -0.129. The van der Waals surface area contributed by atoms with E-state index < -0.39 is 0 Å². The molecular weight excluding hydrogens is 404 g/mol. The Balaban J connectivity index is 1.56. The van der Waals surface area contributed by atoms with E-state index in [1.54, 1.807) is 0 Å². The van der Waals surface area contributed by atoms with Crippen molar-refractivity contribution in [3.8, 4) is 0 Å². The third-order valence-corrected chi connectivity index (χ3v) is 6.56. The van der Waals surface area contributed by atoms with Crippen LogP contribution in [0.4, 0.5) is 5.69 Å². The minimum atomic E-state index is -0.215. The van der Waals surface area contributed by atoms with Crippen LogP contribution < -0.4 is 10.6 Å². The van der Waals surface area contributed by atoms with Gasteiger partial charge in [-0.2, -0.15) is 0 Å². The fourth-order valence-electron chi connectivity index (χ4n) is 4.74. The summed E-state index contributed by atoms with van der Waals surface area (Å²) in [4.78, 5) is 25.2. The predicted octanol–water partition coefficient (Wildman–Crippen LogP) is 5.14. The fourth-order valence-corrected chi connectivity index (χ4v) is 4.74. The van der Waals surface area contributed by atoms with Crippen molar-refractivity contribution in [2.45, 2.75) is 96.3 Å². The predicted molar refractivity (Wildman–Crippen MR) is 126 cm³/mol. The number of carbonyl (C=O) groups excluding carboxylic acids is 2. The molecule has 2 fully saturated rings. The minimum Gasteiger partial charge on any atom is -0.368 e. The zero-order chi connectivity index (χ0) is 22.8. The van der Waals surface area contributed by atoms with E-state index in [1.807, 2.05) is 24.3 Å². The number of rotatable bonds is 10. The number of anilines is 1. The molecule has 0 unspecified atom stereocenters. The van der Waals surface area contributed by atoms with Crippen LogP contribution in [0.1, 0.15) is 89.7 Å². The molecule has 178 valence electrons. The molecule has 2 amide bonds. The van der Waals surface area contributed by atoms with Crippen LogP contribution in [0.3, 0.4) is 0 Å². The Kier molecular flexibility index (Phi) is 10.0. The summed E-state index contributed by atoms with van der Waals surface area (Å²) in [5.74, 6) is -0.112. The number of carbonyl (C=O) groups is 2. The first-order valence-corrected chi connectivity index (χ1v) is 12.4. The highest BCUT2D eigenvalue weighted by atomic mass is 16.5. The quantitative estimate of drug-likeness (QED) is 0.524. The average Bonchev–Trinajstić information content (AvgIpc) is 2.81. The van der Waals surface area contributed by atoms with Crippen LogP contribution in [0.25, 0.3) is 0 Å². The van der Waals surface area contributed by atoms with Gasteiger partial charge in [-0.3, -0.25) is 9.59 Å². The molecule has 32 heavy (non-hydrogen) atoms. The molecule has 0 aromatic heterocycles. The van der Waals surface area contributed by atoms with Gasteiger partial charge in [0.25, 0.3) is 0 Å². The normalized spacial score (nSPS) is 19.0. The van der Waals surface area contributed by atoms with Gasteiger partial charge in [-0.1, -0.05) is 70.6 Å². The first-order chi connectivity index (χ1) is 15.5. The second-order valence-electron chi connectivity index (χ2n) is 9.57. The molecule has 2 aliphatic carbocycles. The first kappa shape index (κ1) is 24.7. The lowest BCUT2D eigenvalue weighted by atomic mass is 9.94. The summed E-state index contributed by atoms with van der Waals surface area (Å²) in [6.07, 6.45) is 11.8. The third-order valence-electron chi connectivity index (χ3n) is 6.56. The monoisotopic (exact) mass is 444 g/mol. The maximum Gasteiger partial charge on any atom is 0.250 e. The molecule has 1 aromatic rings. The summed E-state index contributed by atoms with van der Waals surface area (Å²) in [7, 11) is 0. The molecule has 1 aromatic carbocycles. The smallest absolute Gasteiger partial charge is 0.250 e. The van der Waals surface area contributed by atoms with Crippen molar-refractivity contribution in [1.29, 1.82) is 0 Å². The van der Waals surface area contributed by atoms with Crippen molar-refractivity contribution in [1.82, 2.24) is 5.32 Å². The van der Waals surface area contributed by atoms with Crippen molar-refractivity contribution in [3.63, 3.8) is 0 Å². The topological polar surface area (TPSA) is 76.7 Å². The zero-order valence-corrected chi connectivity index (χ0v) is 19.7. The summed E-state index contributed by atoms with van der Waals surface area (Å²) in [5.41, 5.74) is 1.62. The number of para-hydroxylation sites is 1. The summed E-state index contributed by atoms with van der Waals surface area (Å²) < 4.78 is 11.7. The van der Waals surface area contributed by atoms with Crippen LogP contribution in [0.2, 0.25) is 0 Å². The Morgan fingerprint density at radius 2 is 1.38 bits per heavy atom. The van der Waals surface area contributed by atoms with Crippen molar-refractivity contribution in [3.05, 3.63) is 29.8 Å². The van der Waals surface area contributed by atoms with Crippen molar-refractivity contribution < 1.29 is 19.1 Å². The molecule has 0 heterocycles. The standard InChI is InChI=1S/C26H40N2O4/c1-19(2)26(28-25(30)18-32-21-13-7-4-8-14-21)22-15-9-10-16-23(22)27-24(29)17-31-20-11-5-3-6-12-20/h9-10,15-16,19-21,26H,3-8,11-14,17-18H2,1-2H3,(H,27,29)(H,28,30)/t26-/m0/s1. The molecule has 0 saturated heterocycles. The lowest BCUT2D eigenvalue weighted by Crippen LogP contribution is -2.36. The van der Waals surface area contributed by atoms with E-state index in [0.29, 0.717) is 0 Å². The molecule has 0 radical (unpaired) electrons. The van der Waals surface area contributed by atoms with Gasteiger partial charge in [-0.25, -0.2) is 0 Å². The molecule has 3 rings (SSSR count). The SMILES string of the molecule is CC(C)[C@H](NC(=O)COC1CCCCC1)c1ccccc1NC(=O)COC1CCCCC1. The van der Waals surface area contributed by atoms with Crippen LogP contribution in [-0.4, -0.2) is 37.2 Å². The van der Waals surface area contributed by atoms with Gasteiger partial charge in [-0.05, 0) is 43.2 Å². The Hall–Kier alpha value is -1.92. The molecule has 1 atom stereocenters. The largest absolute Gasteiger partial charge is 0.368 e. The van der Waals surface area contributed by atoms with Gasteiger partial charge in [0.2, 0.25) is 11.8 Å². The highest BCUT2D eigenvalue weighted by Crippen LogP contribution is 2.29. The Bertz CT molecular complexity index is 724. The minimum absolute atomic E-state index is 0.0624.